The zero-order chi connectivity index (χ0) is 14.7. The summed E-state index contributed by atoms with van der Waals surface area (Å²) in [5, 5.41) is 4.22. The third-order valence-corrected chi connectivity index (χ3v) is 5.64. The molecular weight excluding hydrogens is 280 g/mol. The summed E-state index contributed by atoms with van der Waals surface area (Å²) < 4.78 is 1.85. The topological polar surface area (TPSA) is 55.9 Å². The molecule has 114 valence electrons. The SMILES string of the molecule is Cn1cc(CCC(NN)c2cc3c(s2)CCCCC3)cn1. The van der Waals surface area contributed by atoms with Crippen LogP contribution in [-0.4, -0.2) is 9.78 Å². The molecule has 1 unspecified atom stereocenters. The standard InChI is InChI=1S/C16H24N4S/c1-20-11-12(10-18-20)7-8-14(19-17)16-9-13-5-3-2-4-6-15(13)21-16/h9-11,14,19H,2-8,17H2,1H3. The summed E-state index contributed by atoms with van der Waals surface area (Å²) in [5.74, 6) is 5.80. The van der Waals surface area contributed by atoms with Gasteiger partial charge in [-0.1, -0.05) is 6.42 Å². The predicted octanol–water partition coefficient (Wildman–Crippen LogP) is 2.89. The van der Waals surface area contributed by atoms with Gasteiger partial charge in [0.1, 0.15) is 0 Å². The van der Waals surface area contributed by atoms with Gasteiger partial charge >= 0.3 is 0 Å². The van der Waals surface area contributed by atoms with Crippen molar-refractivity contribution in [1.29, 1.82) is 0 Å². The molecule has 0 amide bonds. The van der Waals surface area contributed by atoms with E-state index in [0.717, 1.165) is 12.8 Å². The number of aromatic nitrogens is 2. The van der Waals surface area contributed by atoms with Crippen LogP contribution in [0.25, 0.3) is 0 Å². The molecule has 0 saturated carbocycles. The number of aryl methyl sites for hydroxylation is 4. The molecule has 2 aromatic rings. The van der Waals surface area contributed by atoms with Gasteiger partial charge in [-0.25, -0.2) is 0 Å². The molecule has 0 aromatic carbocycles. The van der Waals surface area contributed by atoms with E-state index >= 15 is 0 Å². The van der Waals surface area contributed by atoms with Gasteiger partial charge < -0.3 is 0 Å². The van der Waals surface area contributed by atoms with Crippen molar-refractivity contribution in [2.45, 2.75) is 51.0 Å². The van der Waals surface area contributed by atoms with Crippen LogP contribution in [0.3, 0.4) is 0 Å². The van der Waals surface area contributed by atoms with Gasteiger partial charge in [0, 0.05) is 23.0 Å². The van der Waals surface area contributed by atoms with Gasteiger partial charge in [-0.2, -0.15) is 5.10 Å². The fourth-order valence-corrected chi connectivity index (χ4v) is 4.43. The minimum Gasteiger partial charge on any atom is -0.276 e. The first kappa shape index (κ1) is 14.8. The molecule has 2 heterocycles. The van der Waals surface area contributed by atoms with Crippen LogP contribution < -0.4 is 11.3 Å². The van der Waals surface area contributed by atoms with Crippen molar-refractivity contribution in [3.63, 3.8) is 0 Å². The Hall–Kier alpha value is -1.17. The number of fused-ring (bicyclic) bond motifs is 1. The van der Waals surface area contributed by atoms with Crippen molar-refractivity contribution in [3.05, 3.63) is 39.3 Å². The first-order valence-electron chi connectivity index (χ1n) is 7.81. The molecule has 3 N–H and O–H groups in total. The summed E-state index contributed by atoms with van der Waals surface area (Å²) >= 11 is 1.96. The lowest BCUT2D eigenvalue weighted by Crippen LogP contribution is -2.27. The Kier molecular flexibility index (Phi) is 4.73. The highest BCUT2D eigenvalue weighted by Gasteiger charge is 2.18. The Balaban J connectivity index is 1.68. The van der Waals surface area contributed by atoms with E-state index < -0.39 is 0 Å². The average molecular weight is 304 g/mol. The highest BCUT2D eigenvalue weighted by molar-refractivity contribution is 7.12. The second kappa shape index (κ2) is 6.73. The van der Waals surface area contributed by atoms with Gasteiger partial charge in [0.15, 0.2) is 0 Å². The van der Waals surface area contributed by atoms with Crippen LogP contribution in [0.2, 0.25) is 0 Å². The third kappa shape index (κ3) is 3.54. The number of hydrazine groups is 1. The largest absolute Gasteiger partial charge is 0.276 e. The Morgan fingerprint density at radius 3 is 3.00 bits per heavy atom. The first-order chi connectivity index (χ1) is 10.3. The van der Waals surface area contributed by atoms with E-state index in [1.54, 1.807) is 10.4 Å². The zero-order valence-corrected chi connectivity index (χ0v) is 13.5. The van der Waals surface area contributed by atoms with Crippen LogP contribution in [0.5, 0.6) is 0 Å². The van der Waals surface area contributed by atoms with Crippen LogP contribution in [0.15, 0.2) is 18.5 Å². The summed E-state index contributed by atoms with van der Waals surface area (Å²) in [6.45, 7) is 0. The number of hydrogen-bond donors (Lipinski definition) is 2. The Morgan fingerprint density at radius 2 is 2.24 bits per heavy atom. The molecule has 0 aliphatic heterocycles. The molecule has 21 heavy (non-hydrogen) atoms. The van der Waals surface area contributed by atoms with Crippen LogP contribution in [0, 0.1) is 0 Å². The van der Waals surface area contributed by atoms with Crippen molar-refractivity contribution in [3.8, 4) is 0 Å². The molecule has 0 fully saturated rings. The van der Waals surface area contributed by atoms with Gasteiger partial charge in [-0.15, -0.1) is 11.3 Å². The number of nitrogens with zero attached hydrogens (tertiary/aromatic N) is 2. The van der Waals surface area contributed by atoms with Gasteiger partial charge in [0.25, 0.3) is 0 Å². The summed E-state index contributed by atoms with van der Waals surface area (Å²) in [6, 6.07) is 2.64. The molecule has 1 aliphatic carbocycles. The van der Waals surface area contributed by atoms with E-state index in [4.69, 9.17) is 5.84 Å². The lowest BCUT2D eigenvalue weighted by Gasteiger charge is -2.13. The highest BCUT2D eigenvalue weighted by Crippen LogP contribution is 2.33. The maximum absolute atomic E-state index is 5.80. The minimum atomic E-state index is 0.252. The van der Waals surface area contributed by atoms with E-state index in [0.29, 0.717) is 0 Å². The van der Waals surface area contributed by atoms with E-state index in [1.165, 1.54) is 42.5 Å². The van der Waals surface area contributed by atoms with E-state index in [-0.39, 0.29) is 6.04 Å². The smallest absolute Gasteiger partial charge is 0.0556 e. The first-order valence-corrected chi connectivity index (χ1v) is 8.63. The molecule has 1 atom stereocenters. The zero-order valence-electron chi connectivity index (χ0n) is 12.6. The Morgan fingerprint density at radius 1 is 1.38 bits per heavy atom. The quantitative estimate of drug-likeness (QED) is 0.507. The second-order valence-corrected chi connectivity index (χ2v) is 7.11. The van der Waals surface area contributed by atoms with Gasteiger partial charge in [0.2, 0.25) is 0 Å². The average Bonchev–Trinajstić information content (AvgIpc) is 3.01. The lowest BCUT2D eigenvalue weighted by atomic mass is 10.1. The number of hydrogen-bond acceptors (Lipinski definition) is 4. The van der Waals surface area contributed by atoms with Crippen LogP contribution in [-0.2, 0) is 26.3 Å². The molecule has 2 aromatic heterocycles. The van der Waals surface area contributed by atoms with E-state index in [9.17, 15) is 0 Å². The molecule has 0 bridgehead atoms. The molecule has 5 heteroatoms. The number of rotatable bonds is 5. The summed E-state index contributed by atoms with van der Waals surface area (Å²) in [6.07, 6.45) is 12.6. The molecular formula is C16H24N4S. The van der Waals surface area contributed by atoms with Gasteiger partial charge in [-0.05, 0) is 55.7 Å². The fourth-order valence-electron chi connectivity index (χ4n) is 3.08. The molecule has 1 aliphatic rings. The van der Waals surface area contributed by atoms with Crippen molar-refractivity contribution in [2.24, 2.45) is 12.9 Å². The maximum Gasteiger partial charge on any atom is 0.0556 e. The molecule has 3 rings (SSSR count). The van der Waals surface area contributed by atoms with E-state index in [2.05, 4.69) is 22.8 Å². The number of thiophene rings is 1. The Bertz CT molecular complexity index is 563. The number of nitrogens with two attached hydrogens (primary N) is 1. The van der Waals surface area contributed by atoms with Crippen LogP contribution in [0.4, 0.5) is 0 Å². The van der Waals surface area contributed by atoms with Crippen LogP contribution >= 0.6 is 11.3 Å². The molecule has 0 radical (unpaired) electrons. The summed E-state index contributed by atoms with van der Waals surface area (Å²) in [4.78, 5) is 2.98. The van der Waals surface area contributed by atoms with Crippen LogP contribution in [0.1, 0.15) is 52.6 Å². The second-order valence-electron chi connectivity index (χ2n) is 5.94. The number of nitrogens with one attached hydrogen (secondary N) is 1. The lowest BCUT2D eigenvalue weighted by molar-refractivity contribution is 0.523. The molecule has 4 nitrogen and oxygen atoms in total. The highest BCUT2D eigenvalue weighted by atomic mass is 32.1. The van der Waals surface area contributed by atoms with Crippen molar-refractivity contribution < 1.29 is 0 Å². The predicted molar refractivity (Wildman–Crippen MR) is 87.2 cm³/mol. The van der Waals surface area contributed by atoms with Crippen molar-refractivity contribution in [1.82, 2.24) is 15.2 Å². The van der Waals surface area contributed by atoms with Crippen molar-refractivity contribution in [2.75, 3.05) is 0 Å². The van der Waals surface area contributed by atoms with Gasteiger partial charge in [0.05, 0.1) is 12.2 Å². The minimum absolute atomic E-state index is 0.252. The summed E-state index contributed by atoms with van der Waals surface area (Å²) in [5.41, 5.74) is 5.84. The monoisotopic (exact) mass is 304 g/mol. The normalized spacial score (nSPS) is 16.5. The third-order valence-electron chi connectivity index (χ3n) is 4.29. The van der Waals surface area contributed by atoms with Crippen molar-refractivity contribution >= 4 is 11.3 Å². The summed E-state index contributed by atoms with van der Waals surface area (Å²) in [7, 11) is 1.96. The van der Waals surface area contributed by atoms with E-state index in [1.807, 2.05) is 29.3 Å². The molecule has 0 saturated heterocycles. The maximum atomic E-state index is 5.80. The van der Waals surface area contributed by atoms with Gasteiger partial charge in [-0.3, -0.25) is 16.0 Å². The molecule has 0 spiro atoms. The fraction of sp³-hybridized carbons (Fsp3) is 0.562. The Labute approximate surface area is 130 Å².